The van der Waals surface area contributed by atoms with Crippen LogP contribution >= 0.6 is 0 Å². The van der Waals surface area contributed by atoms with Crippen molar-refractivity contribution in [3.8, 4) is 0 Å². The Hall–Kier alpha value is -0.530. The summed E-state index contributed by atoms with van der Waals surface area (Å²) in [5.74, 6) is 0.189. The van der Waals surface area contributed by atoms with Gasteiger partial charge in [-0.25, -0.2) is 0 Å². The summed E-state index contributed by atoms with van der Waals surface area (Å²) in [4.78, 5) is 11.0. The van der Waals surface area contributed by atoms with Gasteiger partial charge >= 0.3 is 5.97 Å². The third-order valence-electron chi connectivity index (χ3n) is 3.69. The Labute approximate surface area is 86.7 Å². The van der Waals surface area contributed by atoms with Gasteiger partial charge in [-0.1, -0.05) is 26.2 Å². The van der Waals surface area contributed by atoms with Crippen molar-refractivity contribution in [2.24, 2.45) is 11.3 Å². The van der Waals surface area contributed by atoms with Crippen LogP contribution in [0.1, 0.15) is 58.8 Å². The fourth-order valence-corrected chi connectivity index (χ4v) is 2.31. The first-order valence-electron chi connectivity index (χ1n) is 5.82. The Bertz CT molecular complexity index is 190. The van der Waals surface area contributed by atoms with Gasteiger partial charge in [0.05, 0.1) is 5.41 Å². The molecule has 0 bridgehead atoms. The molecule has 0 aromatic carbocycles. The van der Waals surface area contributed by atoms with Gasteiger partial charge in [-0.15, -0.1) is 0 Å². The van der Waals surface area contributed by atoms with Gasteiger partial charge < -0.3 is 5.11 Å². The molecule has 0 radical (unpaired) electrons. The molecule has 14 heavy (non-hydrogen) atoms. The number of rotatable bonds is 4. The molecule has 1 N–H and O–H groups in total. The lowest BCUT2D eigenvalue weighted by atomic mass is 9.71. The summed E-state index contributed by atoms with van der Waals surface area (Å²) in [7, 11) is 0. The highest BCUT2D eigenvalue weighted by Crippen LogP contribution is 2.40. The molecule has 0 saturated heterocycles. The first-order chi connectivity index (χ1) is 6.58. The molecule has 0 atom stereocenters. The predicted octanol–water partition coefficient (Wildman–Crippen LogP) is 3.46. The minimum absolute atomic E-state index is 0.428. The minimum atomic E-state index is -0.605. The summed E-state index contributed by atoms with van der Waals surface area (Å²) >= 11 is 0. The van der Waals surface area contributed by atoms with Crippen LogP contribution in [0.15, 0.2) is 0 Å². The Balaban J connectivity index is 2.34. The third-order valence-corrected chi connectivity index (χ3v) is 3.69. The molecule has 1 fully saturated rings. The minimum Gasteiger partial charge on any atom is -0.481 e. The van der Waals surface area contributed by atoms with Crippen molar-refractivity contribution in [1.29, 1.82) is 0 Å². The van der Waals surface area contributed by atoms with Crippen LogP contribution in [0.25, 0.3) is 0 Å². The summed E-state index contributed by atoms with van der Waals surface area (Å²) in [6, 6.07) is 0. The van der Waals surface area contributed by atoms with E-state index in [-0.39, 0.29) is 0 Å². The normalized spacial score (nSPS) is 32.9. The zero-order valence-electron chi connectivity index (χ0n) is 9.38. The van der Waals surface area contributed by atoms with Crippen molar-refractivity contribution in [3.05, 3.63) is 0 Å². The molecule has 2 nitrogen and oxygen atoms in total. The molecular weight excluding hydrogens is 176 g/mol. The van der Waals surface area contributed by atoms with Gasteiger partial charge in [-0.05, 0) is 38.5 Å². The van der Waals surface area contributed by atoms with Crippen LogP contribution in [0.4, 0.5) is 0 Å². The van der Waals surface area contributed by atoms with E-state index in [1.165, 1.54) is 19.3 Å². The molecule has 0 aromatic heterocycles. The van der Waals surface area contributed by atoms with Gasteiger partial charge in [0.25, 0.3) is 0 Å². The lowest BCUT2D eigenvalue weighted by Gasteiger charge is -2.33. The fourth-order valence-electron chi connectivity index (χ4n) is 2.31. The molecule has 2 heteroatoms. The molecular formula is C12H22O2. The highest BCUT2D eigenvalue weighted by molar-refractivity contribution is 5.74. The number of hydrogen-bond acceptors (Lipinski definition) is 1. The lowest BCUT2D eigenvalue weighted by Crippen LogP contribution is -2.32. The van der Waals surface area contributed by atoms with Crippen molar-refractivity contribution >= 4 is 5.97 Å². The molecule has 82 valence electrons. The molecule has 1 saturated carbocycles. The van der Waals surface area contributed by atoms with E-state index < -0.39 is 11.4 Å². The number of hydrogen-bond donors (Lipinski definition) is 1. The van der Waals surface area contributed by atoms with Gasteiger partial charge in [0.1, 0.15) is 0 Å². The first-order valence-corrected chi connectivity index (χ1v) is 5.82. The van der Waals surface area contributed by atoms with Crippen molar-refractivity contribution in [1.82, 2.24) is 0 Å². The highest BCUT2D eigenvalue weighted by Gasteiger charge is 2.36. The highest BCUT2D eigenvalue weighted by atomic mass is 16.4. The Morgan fingerprint density at radius 2 is 2.00 bits per heavy atom. The monoisotopic (exact) mass is 198 g/mol. The predicted molar refractivity (Wildman–Crippen MR) is 57.2 cm³/mol. The van der Waals surface area contributed by atoms with Crippen molar-refractivity contribution < 1.29 is 9.90 Å². The molecule has 0 aromatic rings. The van der Waals surface area contributed by atoms with Gasteiger partial charge in [0, 0.05) is 0 Å². The molecule has 0 aliphatic heterocycles. The molecule has 0 heterocycles. The molecule has 0 spiro atoms. The zero-order chi connectivity index (χ0) is 10.6. The van der Waals surface area contributed by atoms with E-state index in [0.29, 0.717) is 0 Å². The van der Waals surface area contributed by atoms with E-state index in [4.69, 9.17) is 5.11 Å². The van der Waals surface area contributed by atoms with Gasteiger partial charge in [-0.2, -0.15) is 0 Å². The molecule has 0 amide bonds. The molecule has 1 aliphatic rings. The Morgan fingerprint density at radius 1 is 1.43 bits per heavy atom. The SMILES string of the molecule is CCCCC1CCC(C)(C(=O)O)CC1. The van der Waals surface area contributed by atoms with Crippen LogP contribution < -0.4 is 0 Å². The van der Waals surface area contributed by atoms with Crippen LogP contribution in [0.5, 0.6) is 0 Å². The van der Waals surface area contributed by atoms with Crippen LogP contribution in [-0.2, 0) is 4.79 Å². The van der Waals surface area contributed by atoms with Crippen LogP contribution in [0, 0.1) is 11.3 Å². The summed E-state index contributed by atoms with van der Waals surface area (Å²) < 4.78 is 0. The quantitative estimate of drug-likeness (QED) is 0.751. The van der Waals surface area contributed by atoms with E-state index in [0.717, 1.165) is 31.6 Å². The van der Waals surface area contributed by atoms with Gasteiger partial charge in [-0.3, -0.25) is 4.79 Å². The maximum Gasteiger partial charge on any atom is 0.309 e. The number of carboxylic acid groups (broad SMARTS) is 1. The first kappa shape index (κ1) is 11.5. The topological polar surface area (TPSA) is 37.3 Å². The maximum absolute atomic E-state index is 11.0. The molecule has 1 aliphatic carbocycles. The average Bonchev–Trinajstić information content (AvgIpc) is 2.17. The number of carboxylic acids is 1. The lowest BCUT2D eigenvalue weighted by molar-refractivity contribution is -0.150. The average molecular weight is 198 g/mol. The van der Waals surface area contributed by atoms with E-state index in [1.54, 1.807) is 0 Å². The summed E-state index contributed by atoms with van der Waals surface area (Å²) in [6.07, 6.45) is 7.83. The molecule has 0 unspecified atom stereocenters. The number of aliphatic carboxylic acids is 1. The fraction of sp³-hybridized carbons (Fsp3) is 0.917. The van der Waals surface area contributed by atoms with Gasteiger partial charge in [0.2, 0.25) is 0 Å². The van der Waals surface area contributed by atoms with Crippen LogP contribution in [0.2, 0.25) is 0 Å². The van der Waals surface area contributed by atoms with Crippen LogP contribution in [-0.4, -0.2) is 11.1 Å². The van der Waals surface area contributed by atoms with E-state index in [1.807, 2.05) is 6.92 Å². The van der Waals surface area contributed by atoms with Crippen molar-refractivity contribution in [2.45, 2.75) is 58.8 Å². The summed E-state index contributed by atoms with van der Waals surface area (Å²) in [5, 5.41) is 9.06. The Morgan fingerprint density at radius 3 is 2.43 bits per heavy atom. The van der Waals surface area contributed by atoms with Crippen molar-refractivity contribution in [2.75, 3.05) is 0 Å². The second-order valence-corrected chi connectivity index (χ2v) is 4.95. The standard InChI is InChI=1S/C12H22O2/c1-3-4-5-10-6-8-12(2,9-7-10)11(13)14/h10H,3-9H2,1-2H3,(H,13,14). The number of unbranched alkanes of at least 4 members (excludes halogenated alkanes) is 1. The largest absolute Gasteiger partial charge is 0.481 e. The smallest absolute Gasteiger partial charge is 0.309 e. The van der Waals surface area contributed by atoms with E-state index in [9.17, 15) is 4.79 Å². The van der Waals surface area contributed by atoms with Gasteiger partial charge in [0.15, 0.2) is 0 Å². The summed E-state index contributed by atoms with van der Waals surface area (Å²) in [5.41, 5.74) is -0.428. The third kappa shape index (κ3) is 2.73. The van der Waals surface area contributed by atoms with Crippen LogP contribution in [0.3, 0.4) is 0 Å². The van der Waals surface area contributed by atoms with Crippen molar-refractivity contribution in [3.63, 3.8) is 0 Å². The Kier molecular flexibility index (Phi) is 3.97. The van der Waals surface area contributed by atoms with E-state index in [2.05, 4.69) is 6.92 Å². The zero-order valence-corrected chi connectivity index (χ0v) is 9.38. The maximum atomic E-state index is 11.0. The number of carbonyl (C=O) groups is 1. The van der Waals surface area contributed by atoms with E-state index >= 15 is 0 Å². The second kappa shape index (κ2) is 4.81. The summed E-state index contributed by atoms with van der Waals surface area (Å²) in [6.45, 7) is 4.11. The molecule has 1 rings (SSSR count). The second-order valence-electron chi connectivity index (χ2n) is 4.95.